The van der Waals surface area contributed by atoms with Crippen molar-refractivity contribution in [3.63, 3.8) is 0 Å². The standard InChI is InChI=1S/C8H8BrF2N/c9-6-2-1-5(4-12)7(3-6)8(10)11/h1-3,8H,4,12H2. The van der Waals surface area contributed by atoms with Gasteiger partial charge in [0.25, 0.3) is 6.43 Å². The molecule has 1 nitrogen and oxygen atoms in total. The number of nitrogens with two attached hydrogens (primary N) is 1. The Hall–Kier alpha value is -0.480. The zero-order chi connectivity index (χ0) is 9.14. The first kappa shape index (κ1) is 9.61. The molecule has 0 saturated heterocycles. The number of hydrogen-bond donors (Lipinski definition) is 1. The van der Waals surface area contributed by atoms with Crippen LogP contribution < -0.4 is 5.73 Å². The van der Waals surface area contributed by atoms with Gasteiger partial charge in [0.2, 0.25) is 0 Å². The molecule has 0 aliphatic carbocycles. The molecule has 12 heavy (non-hydrogen) atoms. The van der Waals surface area contributed by atoms with Crippen molar-refractivity contribution >= 4 is 15.9 Å². The van der Waals surface area contributed by atoms with Crippen LogP contribution in [0.15, 0.2) is 22.7 Å². The molecule has 0 saturated carbocycles. The topological polar surface area (TPSA) is 26.0 Å². The molecule has 66 valence electrons. The first-order valence-electron chi connectivity index (χ1n) is 3.41. The second-order valence-electron chi connectivity index (χ2n) is 2.35. The molecule has 1 aromatic rings. The minimum Gasteiger partial charge on any atom is -0.326 e. The molecular formula is C8H8BrF2N. The molecule has 0 bridgehead atoms. The van der Waals surface area contributed by atoms with Crippen molar-refractivity contribution in [2.45, 2.75) is 13.0 Å². The average molecular weight is 236 g/mol. The van der Waals surface area contributed by atoms with Crippen LogP contribution in [0.4, 0.5) is 8.78 Å². The van der Waals surface area contributed by atoms with Crippen LogP contribution in [0.2, 0.25) is 0 Å². The fraction of sp³-hybridized carbons (Fsp3) is 0.250. The smallest absolute Gasteiger partial charge is 0.264 e. The van der Waals surface area contributed by atoms with Crippen LogP contribution in [0.25, 0.3) is 0 Å². The summed E-state index contributed by atoms with van der Waals surface area (Å²) in [5.41, 5.74) is 5.79. The molecule has 0 spiro atoms. The van der Waals surface area contributed by atoms with E-state index in [9.17, 15) is 8.78 Å². The van der Waals surface area contributed by atoms with Crippen LogP contribution >= 0.6 is 15.9 Å². The van der Waals surface area contributed by atoms with E-state index in [1.807, 2.05) is 0 Å². The molecule has 0 aliphatic heterocycles. The van der Waals surface area contributed by atoms with Crippen molar-refractivity contribution in [3.05, 3.63) is 33.8 Å². The third-order valence-electron chi connectivity index (χ3n) is 1.56. The number of alkyl halides is 2. The van der Waals surface area contributed by atoms with E-state index in [1.54, 1.807) is 12.1 Å². The van der Waals surface area contributed by atoms with Crippen LogP contribution in [0, 0.1) is 0 Å². The van der Waals surface area contributed by atoms with Crippen LogP contribution in [0.3, 0.4) is 0 Å². The summed E-state index contributed by atoms with van der Waals surface area (Å²) in [5, 5.41) is 0. The number of rotatable bonds is 2. The molecule has 4 heteroatoms. The van der Waals surface area contributed by atoms with Gasteiger partial charge in [-0.2, -0.15) is 0 Å². The summed E-state index contributed by atoms with van der Waals surface area (Å²) in [6.07, 6.45) is -2.46. The molecule has 0 fully saturated rings. The average Bonchev–Trinajstić information content (AvgIpc) is 2.04. The highest BCUT2D eigenvalue weighted by Crippen LogP contribution is 2.25. The Morgan fingerprint density at radius 2 is 2.08 bits per heavy atom. The van der Waals surface area contributed by atoms with Crippen molar-refractivity contribution in [2.24, 2.45) is 5.73 Å². The van der Waals surface area contributed by atoms with Gasteiger partial charge in [0.1, 0.15) is 0 Å². The highest BCUT2D eigenvalue weighted by atomic mass is 79.9. The third kappa shape index (κ3) is 2.01. The Kier molecular flexibility index (Phi) is 3.17. The minimum atomic E-state index is -2.46. The van der Waals surface area contributed by atoms with Crippen molar-refractivity contribution in [3.8, 4) is 0 Å². The van der Waals surface area contributed by atoms with Gasteiger partial charge in [0.15, 0.2) is 0 Å². The van der Waals surface area contributed by atoms with Crippen LogP contribution in [0.5, 0.6) is 0 Å². The van der Waals surface area contributed by atoms with E-state index in [0.29, 0.717) is 10.0 Å². The molecule has 2 N–H and O–H groups in total. The summed E-state index contributed by atoms with van der Waals surface area (Å²) in [7, 11) is 0. The van der Waals surface area contributed by atoms with Crippen molar-refractivity contribution < 1.29 is 8.78 Å². The second-order valence-corrected chi connectivity index (χ2v) is 3.26. The lowest BCUT2D eigenvalue weighted by atomic mass is 10.1. The summed E-state index contributed by atoms with van der Waals surface area (Å²) in [6, 6.07) is 4.70. The maximum Gasteiger partial charge on any atom is 0.264 e. The molecule has 0 aliphatic rings. The lowest BCUT2D eigenvalue weighted by Gasteiger charge is -2.06. The van der Waals surface area contributed by atoms with E-state index in [0.717, 1.165) is 0 Å². The molecule has 0 heterocycles. The SMILES string of the molecule is NCc1ccc(Br)cc1C(F)F. The largest absolute Gasteiger partial charge is 0.326 e. The predicted octanol–water partition coefficient (Wildman–Crippen LogP) is 2.85. The molecule has 0 radical (unpaired) electrons. The van der Waals surface area contributed by atoms with E-state index in [1.165, 1.54) is 6.07 Å². The maximum absolute atomic E-state index is 12.3. The fourth-order valence-electron chi connectivity index (χ4n) is 0.955. The molecular weight excluding hydrogens is 228 g/mol. The van der Waals surface area contributed by atoms with E-state index in [-0.39, 0.29) is 12.1 Å². The van der Waals surface area contributed by atoms with Crippen LogP contribution in [-0.4, -0.2) is 0 Å². The number of benzene rings is 1. The number of hydrogen-bond acceptors (Lipinski definition) is 1. The Balaban J connectivity index is 3.12. The summed E-state index contributed by atoms with van der Waals surface area (Å²) >= 11 is 3.12. The van der Waals surface area contributed by atoms with Crippen LogP contribution in [-0.2, 0) is 6.54 Å². The van der Waals surface area contributed by atoms with Crippen molar-refractivity contribution in [2.75, 3.05) is 0 Å². The van der Waals surface area contributed by atoms with Gasteiger partial charge in [-0.1, -0.05) is 22.0 Å². The zero-order valence-corrected chi connectivity index (χ0v) is 7.81. The first-order valence-corrected chi connectivity index (χ1v) is 4.21. The Morgan fingerprint density at radius 3 is 2.58 bits per heavy atom. The van der Waals surface area contributed by atoms with Crippen molar-refractivity contribution in [1.82, 2.24) is 0 Å². The molecule has 1 aromatic carbocycles. The fourth-order valence-corrected chi connectivity index (χ4v) is 1.33. The van der Waals surface area contributed by atoms with Gasteiger partial charge in [-0.25, -0.2) is 8.78 Å². The Labute approximate surface area is 77.7 Å². The lowest BCUT2D eigenvalue weighted by molar-refractivity contribution is 0.150. The monoisotopic (exact) mass is 235 g/mol. The third-order valence-corrected chi connectivity index (χ3v) is 2.06. The quantitative estimate of drug-likeness (QED) is 0.839. The van der Waals surface area contributed by atoms with Gasteiger partial charge in [-0.3, -0.25) is 0 Å². The summed E-state index contributed by atoms with van der Waals surface area (Å²) in [4.78, 5) is 0. The molecule has 0 atom stereocenters. The molecule has 0 aromatic heterocycles. The van der Waals surface area contributed by atoms with Gasteiger partial charge < -0.3 is 5.73 Å². The Morgan fingerprint density at radius 1 is 1.42 bits per heavy atom. The highest BCUT2D eigenvalue weighted by Gasteiger charge is 2.11. The van der Waals surface area contributed by atoms with E-state index < -0.39 is 6.43 Å². The molecule has 0 unspecified atom stereocenters. The van der Waals surface area contributed by atoms with E-state index >= 15 is 0 Å². The van der Waals surface area contributed by atoms with Gasteiger partial charge in [-0.05, 0) is 17.7 Å². The summed E-state index contributed by atoms with van der Waals surface area (Å²) in [6.45, 7) is 0.146. The predicted molar refractivity (Wildman–Crippen MR) is 47.0 cm³/mol. The van der Waals surface area contributed by atoms with E-state index in [2.05, 4.69) is 15.9 Å². The highest BCUT2D eigenvalue weighted by molar-refractivity contribution is 9.10. The van der Waals surface area contributed by atoms with Gasteiger partial charge in [0.05, 0.1) is 0 Å². The lowest BCUT2D eigenvalue weighted by Crippen LogP contribution is -2.01. The number of halogens is 3. The van der Waals surface area contributed by atoms with Gasteiger partial charge in [-0.15, -0.1) is 0 Å². The molecule has 1 rings (SSSR count). The van der Waals surface area contributed by atoms with E-state index in [4.69, 9.17) is 5.73 Å². The van der Waals surface area contributed by atoms with Crippen molar-refractivity contribution in [1.29, 1.82) is 0 Å². The first-order chi connectivity index (χ1) is 5.65. The zero-order valence-electron chi connectivity index (χ0n) is 6.23. The summed E-state index contributed by atoms with van der Waals surface area (Å²) < 4.78 is 25.3. The Bertz CT molecular complexity index is 276. The summed E-state index contributed by atoms with van der Waals surface area (Å²) in [5.74, 6) is 0. The van der Waals surface area contributed by atoms with Crippen LogP contribution in [0.1, 0.15) is 17.6 Å². The van der Waals surface area contributed by atoms with Gasteiger partial charge >= 0.3 is 0 Å². The second kappa shape index (κ2) is 3.96. The normalized spacial score (nSPS) is 10.8. The van der Waals surface area contributed by atoms with Gasteiger partial charge in [0, 0.05) is 16.6 Å². The minimum absolute atomic E-state index is 0.00637. The molecule has 0 amide bonds. The maximum atomic E-state index is 12.3.